The number of pyridine rings is 1. The van der Waals surface area contributed by atoms with Crippen molar-refractivity contribution in [2.75, 3.05) is 6.54 Å². The van der Waals surface area contributed by atoms with Crippen molar-refractivity contribution in [2.24, 2.45) is 5.92 Å². The number of hydrogen-bond acceptors (Lipinski definition) is 5. The van der Waals surface area contributed by atoms with Crippen LogP contribution in [0.3, 0.4) is 0 Å². The molecule has 0 amide bonds. The molecule has 2 aromatic heterocycles. The third-order valence-corrected chi connectivity index (χ3v) is 6.58. The normalized spacial score (nSPS) is 17.8. The van der Waals surface area contributed by atoms with Crippen LogP contribution in [0.15, 0.2) is 59.8 Å². The van der Waals surface area contributed by atoms with Crippen molar-refractivity contribution < 1.29 is 8.42 Å². The first-order valence-electron chi connectivity index (χ1n) is 8.90. The standard InChI is InChI=1S/C19H21N5O2S/c1-14(2)17-19-21-18(15-7-4-3-5-8-15)22-23(19)11-12-24(17)27(25,26)16-9-6-10-20-13-16/h3-10,13-14,17H,11-12H2,1-2H3/t17-/m0/s1. The molecule has 0 bridgehead atoms. The predicted octanol–water partition coefficient (Wildman–Crippen LogP) is 2.74. The highest BCUT2D eigenvalue weighted by Crippen LogP contribution is 2.36. The van der Waals surface area contributed by atoms with Crippen LogP contribution in [0, 0.1) is 5.92 Å². The Bertz CT molecular complexity index is 1030. The van der Waals surface area contributed by atoms with Gasteiger partial charge >= 0.3 is 0 Å². The van der Waals surface area contributed by atoms with E-state index >= 15 is 0 Å². The Hall–Kier alpha value is -2.58. The maximum absolute atomic E-state index is 13.2. The Morgan fingerprint density at radius 2 is 1.85 bits per heavy atom. The molecule has 8 heteroatoms. The average molecular weight is 383 g/mol. The van der Waals surface area contributed by atoms with Crippen molar-refractivity contribution in [1.82, 2.24) is 24.1 Å². The number of nitrogens with zero attached hydrogens (tertiary/aromatic N) is 5. The lowest BCUT2D eigenvalue weighted by Crippen LogP contribution is -2.44. The van der Waals surface area contributed by atoms with Crippen molar-refractivity contribution in [3.8, 4) is 11.4 Å². The summed E-state index contributed by atoms with van der Waals surface area (Å²) in [5, 5.41) is 4.61. The van der Waals surface area contributed by atoms with Crippen molar-refractivity contribution in [2.45, 2.75) is 31.3 Å². The van der Waals surface area contributed by atoms with Crippen LogP contribution in [0.25, 0.3) is 11.4 Å². The molecule has 1 aliphatic rings. The van der Waals surface area contributed by atoms with Gasteiger partial charge in [-0.1, -0.05) is 44.2 Å². The lowest BCUT2D eigenvalue weighted by atomic mass is 10.0. The molecule has 0 radical (unpaired) electrons. The first-order valence-corrected chi connectivity index (χ1v) is 10.3. The van der Waals surface area contributed by atoms with E-state index in [1.165, 1.54) is 10.5 Å². The lowest BCUT2D eigenvalue weighted by Gasteiger charge is -2.36. The summed E-state index contributed by atoms with van der Waals surface area (Å²) < 4.78 is 29.8. The lowest BCUT2D eigenvalue weighted by molar-refractivity contribution is 0.202. The van der Waals surface area contributed by atoms with Gasteiger partial charge in [0.15, 0.2) is 5.82 Å². The van der Waals surface area contributed by atoms with Gasteiger partial charge in [-0.25, -0.2) is 18.1 Å². The van der Waals surface area contributed by atoms with Crippen LogP contribution in [0.4, 0.5) is 0 Å². The van der Waals surface area contributed by atoms with Gasteiger partial charge in [0, 0.05) is 24.5 Å². The van der Waals surface area contributed by atoms with Crippen molar-refractivity contribution in [3.63, 3.8) is 0 Å². The monoisotopic (exact) mass is 383 g/mol. The molecule has 0 unspecified atom stereocenters. The fourth-order valence-corrected chi connectivity index (χ4v) is 5.12. The zero-order chi connectivity index (χ0) is 19.0. The summed E-state index contributed by atoms with van der Waals surface area (Å²) in [6.07, 6.45) is 2.96. The topological polar surface area (TPSA) is 81.0 Å². The van der Waals surface area contributed by atoms with Gasteiger partial charge in [-0.05, 0) is 18.1 Å². The van der Waals surface area contributed by atoms with Crippen molar-refractivity contribution in [1.29, 1.82) is 0 Å². The van der Waals surface area contributed by atoms with Crippen LogP contribution in [0.2, 0.25) is 0 Å². The molecule has 7 nitrogen and oxygen atoms in total. The van der Waals surface area contributed by atoms with Gasteiger partial charge in [-0.3, -0.25) is 4.98 Å². The Labute approximate surface area is 158 Å². The molecule has 1 aliphatic heterocycles. The number of benzene rings is 1. The molecular weight excluding hydrogens is 362 g/mol. The highest BCUT2D eigenvalue weighted by molar-refractivity contribution is 7.89. The van der Waals surface area contributed by atoms with Crippen LogP contribution in [-0.2, 0) is 16.6 Å². The minimum Gasteiger partial charge on any atom is -0.263 e. The fraction of sp³-hybridized carbons (Fsp3) is 0.316. The van der Waals surface area contributed by atoms with E-state index in [4.69, 9.17) is 4.98 Å². The Balaban J connectivity index is 1.77. The van der Waals surface area contributed by atoms with Gasteiger partial charge < -0.3 is 0 Å². The number of rotatable bonds is 4. The van der Waals surface area contributed by atoms with Gasteiger partial charge in [-0.15, -0.1) is 0 Å². The molecule has 140 valence electrons. The van der Waals surface area contributed by atoms with Crippen molar-refractivity contribution in [3.05, 3.63) is 60.7 Å². The van der Waals surface area contributed by atoms with Gasteiger partial charge in [0.2, 0.25) is 10.0 Å². The number of aromatic nitrogens is 4. The second kappa shape index (κ2) is 6.86. The van der Waals surface area contributed by atoms with E-state index in [1.54, 1.807) is 18.3 Å². The van der Waals surface area contributed by atoms with Gasteiger partial charge in [-0.2, -0.15) is 9.40 Å². The number of fused-ring (bicyclic) bond motifs is 1. The second-order valence-electron chi connectivity index (χ2n) is 6.88. The van der Waals surface area contributed by atoms with Gasteiger partial charge in [0.05, 0.1) is 12.6 Å². The summed E-state index contributed by atoms with van der Waals surface area (Å²) in [5.74, 6) is 1.35. The van der Waals surface area contributed by atoms with E-state index in [9.17, 15) is 8.42 Å². The SMILES string of the molecule is CC(C)[C@H]1c2nc(-c3ccccc3)nn2CCN1S(=O)(=O)c1cccnc1. The van der Waals surface area contributed by atoms with Crippen LogP contribution >= 0.6 is 0 Å². The number of hydrogen-bond donors (Lipinski definition) is 0. The minimum atomic E-state index is -3.66. The maximum Gasteiger partial charge on any atom is 0.245 e. The molecule has 0 aliphatic carbocycles. The summed E-state index contributed by atoms with van der Waals surface area (Å²) in [6.45, 7) is 4.83. The van der Waals surface area contributed by atoms with E-state index in [0.717, 1.165) is 5.56 Å². The molecule has 3 aromatic rings. The molecule has 0 N–H and O–H groups in total. The highest BCUT2D eigenvalue weighted by Gasteiger charge is 2.40. The average Bonchev–Trinajstić information content (AvgIpc) is 3.12. The molecule has 4 rings (SSSR count). The zero-order valence-electron chi connectivity index (χ0n) is 15.2. The quantitative estimate of drug-likeness (QED) is 0.692. The predicted molar refractivity (Wildman–Crippen MR) is 101 cm³/mol. The molecular formula is C19H21N5O2S. The van der Waals surface area contributed by atoms with E-state index in [-0.39, 0.29) is 16.9 Å². The maximum atomic E-state index is 13.2. The Morgan fingerprint density at radius 1 is 1.07 bits per heavy atom. The number of sulfonamides is 1. The first-order chi connectivity index (χ1) is 13.0. The molecule has 0 saturated carbocycles. The third kappa shape index (κ3) is 3.15. The summed E-state index contributed by atoms with van der Waals surface area (Å²) in [7, 11) is -3.66. The summed E-state index contributed by atoms with van der Waals surface area (Å²) in [5.41, 5.74) is 0.920. The van der Waals surface area contributed by atoms with E-state index in [2.05, 4.69) is 10.1 Å². The molecule has 27 heavy (non-hydrogen) atoms. The fourth-order valence-electron chi connectivity index (χ4n) is 3.44. The summed E-state index contributed by atoms with van der Waals surface area (Å²) >= 11 is 0. The van der Waals surface area contributed by atoms with E-state index < -0.39 is 10.0 Å². The van der Waals surface area contributed by atoms with Crippen LogP contribution in [0.1, 0.15) is 25.7 Å². The zero-order valence-corrected chi connectivity index (χ0v) is 16.0. The summed E-state index contributed by atoms with van der Waals surface area (Å²) in [6, 6.07) is 12.6. The first kappa shape index (κ1) is 17.8. The van der Waals surface area contributed by atoms with Gasteiger partial charge in [0.25, 0.3) is 0 Å². The molecule has 3 heterocycles. The van der Waals surface area contributed by atoms with Crippen molar-refractivity contribution >= 4 is 10.0 Å². The Morgan fingerprint density at radius 3 is 2.52 bits per heavy atom. The van der Waals surface area contributed by atoms with Crippen LogP contribution < -0.4 is 0 Å². The smallest absolute Gasteiger partial charge is 0.245 e. The molecule has 0 fully saturated rings. The molecule has 0 spiro atoms. The van der Waals surface area contributed by atoms with Crippen LogP contribution in [0.5, 0.6) is 0 Å². The van der Waals surface area contributed by atoms with Crippen LogP contribution in [-0.4, -0.2) is 39.0 Å². The summed E-state index contributed by atoms with van der Waals surface area (Å²) in [4.78, 5) is 8.88. The van der Waals surface area contributed by atoms with E-state index in [1.807, 2.05) is 48.9 Å². The highest BCUT2D eigenvalue weighted by atomic mass is 32.2. The minimum absolute atomic E-state index is 0.0447. The molecule has 0 saturated heterocycles. The third-order valence-electron chi connectivity index (χ3n) is 4.71. The Kier molecular flexibility index (Phi) is 4.53. The molecule has 1 atom stereocenters. The molecule has 1 aromatic carbocycles. The second-order valence-corrected chi connectivity index (χ2v) is 8.77. The largest absolute Gasteiger partial charge is 0.263 e. The van der Waals surface area contributed by atoms with E-state index in [0.29, 0.717) is 24.7 Å². The van der Waals surface area contributed by atoms with Gasteiger partial charge in [0.1, 0.15) is 10.7 Å².